The summed E-state index contributed by atoms with van der Waals surface area (Å²) in [6.07, 6.45) is 5.32. The van der Waals surface area contributed by atoms with E-state index in [0.29, 0.717) is 5.92 Å². The van der Waals surface area contributed by atoms with Crippen molar-refractivity contribution in [2.75, 3.05) is 12.4 Å². The molecule has 4 rings (SSSR count). The standard InChI is InChI=1S/C19H17ClN2O3/c1-25-18-8-5-11(9-17(18)22(23)24)19-14-4-2-3-13(14)15-10-12(20)6-7-16(15)21-19/h2-3,5-10,13-14,19,21H,4H2,1H3/t13-,14-,19-/m0/s1. The number of halogens is 1. The van der Waals surface area contributed by atoms with Crippen LogP contribution >= 0.6 is 11.6 Å². The van der Waals surface area contributed by atoms with Crippen molar-refractivity contribution in [2.45, 2.75) is 18.4 Å². The number of nitro groups is 1. The van der Waals surface area contributed by atoms with Gasteiger partial charge < -0.3 is 10.1 Å². The highest BCUT2D eigenvalue weighted by atomic mass is 35.5. The van der Waals surface area contributed by atoms with E-state index >= 15 is 0 Å². The number of methoxy groups -OCH3 is 1. The van der Waals surface area contributed by atoms with E-state index in [1.165, 1.54) is 12.7 Å². The van der Waals surface area contributed by atoms with Crippen LogP contribution in [-0.2, 0) is 0 Å². The molecular formula is C19H17ClN2O3. The molecule has 1 aliphatic heterocycles. The van der Waals surface area contributed by atoms with Crippen LogP contribution in [0, 0.1) is 16.0 Å². The van der Waals surface area contributed by atoms with Gasteiger partial charge in [0.2, 0.25) is 0 Å². The van der Waals surface area contributed by atoms with Gasteiger partial charge in [0.05, 0.1) is 18.1 Å². The highest BCUT2D eigenvalue weighted by Crippen LogP contribution is 2.50. The lowest BCUT2D eigenvalue weighted by Crippen LogP contribution is -2.29. The summed E-state index contributed by atoms with van der Waals surface area (Å²) >= 11 is 6.17. The fraction of sp³-hybridized carbons (Fsp3) is 0.263. The molecule has 0 bridgehead atoms. The third-order valence-electron chi connectivity index (χ3n) is 5.08. The number of ether oxygens (including phenoxy) is 1. The Hall–Kier alpha value is -2.53. The zero-order valence-corrected chi connectivity index (χ0v) is 14.4. The topological polar surface area (TPSA) is 64.4 Å². The Morgan fingerprint density at radius 2 is 2.12 bits per heavy atom. The molecular weight excluding hydrogens is 340 g/mol. The molecule has 0 unspecified atom stereocenters. The molecule has 128 valence electrons. The van der Waals surface area contributed by atoms with Crippen molar-refractivity contribution in [3.05, 3.63) is 74.8 Å². The number of allylic oxidation sites excluding steroid dienone is 2. The number of anilines is 1. The lowest BCUT2D eigenvalue weighted by atomic mass is 9.77. The normalized spacial score (nSPS) is 23.5. The maximum Gasteiger partial charge on any atom is 0.311 e. The number of fused-ring (bicyclic) bond motifs is 3. The third kappa shape index (κ3) is 2.65. The first-order valence-corrected chi connectivity index (χ1v) is 8.51. The van der Waals surface area contributed by atoms with Gasteiger partial charge in [-0.3, -0.25) is 10.1 Å². The number of rotatable bonds is 3. The third-order valence-corrected chi connectivity index (χ3v) is 5.32. The van der Waals surface area contributed by atoms with Crippen molar-refractivity contribution in [1.29, 1.82) is 0 Å². The Morgan fingerprint density at radius 3 is 2.88 bits per heavy atom. The Morgan fingerprint density at radius 1 is 1.28 bits per heavy atom. The molecule has 1 aliphatic carbocycles. The van der Waals surface area contributed by atoms with Gasteiger partial charge in [-0.05, 0) is 47.7 Å². The molecule has 6 heteroatoms. The highest BCUT2D eigenvalue weighted by molar-refractivity contribution is 6.30. The van der Waals surface area contributed by atoms with E-state index < -0.39 is 4.92 Å². The molecule has 0 spiro atoms. The van der Waals surface area contributed by atoms with Gasteiger partial charge in [-0.1, -0.05) is 29.8 Å². The largest absolute Gasteiger partial charge is 0.490 e. The number of nitrogens with zero attached hydrogens (tertiary/aromatic N) is 1. The molecule has 3 atom stereocenters. The molecule has 0 saturated carbocycles. The van der Waals surface area contributed by atoms with Crippen LogP contribution in [0.25, 0.3) is 0 Å². The van der Waals surface area contributed by atoms with Gasteiger partial charge in [0, 0.05) is 22.7 Å². The minimum absolute atomic E-state index is 0.00159. The van der Waals surface area contributed by atoms with Gasteiger partial charge in [0.1, 0.15) is 0 Å². The Labute approximate surface area is 150 Å². The second-order valence-corrected chi connectivity index (χ2v) is 6.83. The molecule has 2 aliphatic rings. The molecule has 1 heterocycles. The number of nitrogens with one attached hydrogen (secondary N) is 1. The van der Waals surface area contributed by atoms with E-state index in [9.17, 15) is 10.1 Å². The Kier molecular flexibility index (Phi) is 3.88. The predicted molar refractivity (Wildman–Crippen MR) is 97.5 cm³/mol. The lowest BCUT2D eigenvalue weighted by Gasteiger charge is -2.37. The first-order valence-electron chi connectivity index (χ1n) is 8.13. The van der Waals surface area contributed by atoms with Crippen molar-refractivity contribution >= 4 is 23.0 Å². The fourth-order valence-corrected chi connectivity index (χ4v) is 4.12. The second kappa shape index (κ2) is 6.08. The summed E-state index contributed by atoms with van der Waals surface area (Å²) in [4.78, 5) is 11.0. The van der Waals surface area contributed by atoms with Crippen LogP contribution < -0.4 is 10.1 Å². The minimum Gasteiger partial charge on any atom is -0.490 e. The van der Waals surface area contributed by atoms with Crippen LogP contribution in [0.15, 0.2) is 48.6 Å². The number of nitro benzene ring substituents is 1. The quantitative estimate of drug-likeness (QED) is 0.473. The van der Waals surface area contributed by atoms with Gasteiger partial charge in [0.15, 0.2) is 5.75 Å². The summed E-state index contributed by atoms with van der Waals surface area (Å²) in [5.41, 5.74) is 3.10. The summed E-state index contributed by atoms with van der Waals surface area (Å²) in [6.45, 7) is 0. The van der Waals surface area contributed by atoms with Crippen LogP contribution in [0.5, 0.6) is 5.75 Å². The molecule has 0 fully saturated rings. The predicted octanol–water partition coefficient (Wildman–Crippen LogP) is 5.08. The smallest absolute Gasteiger partial charge is 0.311 e. The van der Waals surface area contributed by atoms with Crippen LogP contribution in [-0.4, -0.2) is 12.0 Å². The van der Waals surface area contributed by atoms with Crippen LogP contribution in [0.3, 0.4) is 0 Å². The van der Waals surface area contributed by atoms with Crippen LogP contribution in [0.2, 0.25) is 5.02 Å². The molecule has 2 aromatic rings. The first-order chi connectivity index (χ1) is 12.1. The van der Waals surface area contributed by atoms with Gasteiger partial charge in [-0.15, -0.1) is 0 Å². The van der Waals surface area contributed by atoms with E-state index in [4.69, 9.17) is 16.3 Å². The van der Waals surface area contributed by atoms with E-state index in [2.05, 4.69) is 17.5 Å². The number of benzene rings is 2. The van der Waals surface area contributed by atoms with Crippen molar-refractivity contribution in [3.8, 4) is 5.75 Å². The molecule has 0 amide bonds. The fourth-order valence-electron chi connectivity index (χ4n) is 3.94. The van der Waals surface area contributed by atoms with Gasteiger partial charge in [0.25, 0.3) is 0 Å². The number of hydrogen-bond donors (Lipinski definition) is 1. The highest BCUT2D eigenvalue weighted by Gasteiger charge is 2.38. The Bertz CT molecular complexity index is 881. The molecule has 0 aromatic heterocycles. The molecule has 5 nitrogen and oxygen atoms in total. The van der Waals surface area contributed by atoms with E-state index in [-0.39, 0.29) is 23.4 Å². The maximum atomic E-state index is 11.4. The zero-order valence-electron chi connectivity index (χ0n) is 13.6. The van der Waals surface area contributed by atoms with Crippen LogP contribution in [0.4, 0.5) is 11.4 Å². The number of hydrogen-bond acceptors (Lipinski definition) is 4. The summed E-state index contributed by atoms with van der Waals surface area (Å²) in [7, 11) is 1.44. The molecule has 0 radical (unpaired) electrons. The van der Waals surface area contributed by atoms with Crippen LogP contribution in [0.1, 0.15) is 29.5 Å². The van der Waals surface area contributed by atoms with Crippen molar-refractivity contribution < 1.29 is 9.66 Å². The van der Waals surface area contributed by atoms with Crippen molar-refractivity contribution in [1.82, 2.24) is 0 Å². The average molecular weight is 357 g/mol. The van der Waals surface area contributed by atoms with E-state index in [0.717, 1.165) is 22.7 Å². The SMILES string of the molecule is COc1ccc([C@@H]2Nc3ccc(Cl)cc3[C@H]3C=CC[C@@H]32)cc1[N+](=O)[O-]. The summed E-state index contributed by atoms with van der Waals surface area (Å²) in [5, 5.41) is 15.6. The molecule has 1 N–H and O–H groups in total. The van der Waals surface area contributed by atoms with Gasteiger partial charge in [-0.2, -0.15) is 0 Å². The second-order valence-electron chi connectivity index (χ2n) is 6.40. The van der Waals surface area contributed by atoms with Gasteiger partial charge in [-0.25, -0.2) is 0 Å². The van der Waals surface area contributed by atoms with Gasteiger partial charge >= 0.3 is 5.69 Å². The zero-order chi connectivity index (χ0) is 17.6. The first kappa shape index (κ1) is 16.0. The monoisotopic (exact) mass is 356 g/mol. The lowest BCUT2D eigenvalue weighted by molar-refractivity contribution is -0.385. The molecule has 0 saturated heterocycles. The average Bonchev–Trinajstić information content (AvgIpc) is 3.10. The summed E-state index contributed by atoms with van der Waals surface area (Å²) < 4.78 is 5.12. The maximum absolute atomic E-state index is 11.4. The summed E-state index contributed by atoms with van der Waals surface area (Å²) in [6, 6.07) is 11.0. The van der Waals surface area contributed by atoms with Crippen molar-refractivity contribution in [2.24, 2.45) is 5.92 Å². The Balaban J connectivity index is 1.78. The molecule has 25 heavy (non-hydrogen) atoms. The van der Waals surface area contributed by atoms with Crippen molar-refractivity contribution in [3.63, 3.8) is 0 Å². The van der Waals surface area contributed by atoms with E-state index in [1.54, 1.807) is 12.1 Å². The summed E-state index contributed by atoms with van der Waals surface area (Å²) in [5.74, 6) is 0.845. The van der Waals surface area contributed by atoms with E-state index in [1.807, 2.05) is 24.3 Å². The minimum atomic E-state index is -0.400. The molecule has 2 aromatic carbocycles.